The first-order valence-corrected chi connectivity index (χ1v) is 5.89. The van der Waals surface area contributed by atoms with Crippen LogP contribution < -0.4 is 0 Å². The van der Waals surface area contributed by atoms with Gasteiger partial charge in [-0.05, 0) is 29.8 Å². The fourth-order valence-electron chi connectivity index (χ4n) is 1.90. The molecule has 1 aromatic heterocycles. The Balaban J connectivity index is 2.41. The number of carbonyl (C=O) groups is 1. The fraction of sp³-hybridized carbons (Fsp3) is 0.143. The van der Waals surface area contributed by atoms with Crippen molar-refractivity contribution in [3.05, 3.63) is 69.8 Å². The maximum Gasteiger partial charge on any atom is 0.283 e. The molecule has 2 aromatic rings. The van der Waals surface area contributed by atoms with Crippen LogP contribution in [0.25, 0.3) is 0 Å². The summed E-state index contributed by atoms with van der Waals surface area (Å²) in [5, 5.41) is 10.9. The minimum atomic E-state index is -0.754. The predicted molar refractivity (Wildman–Crippen MR) is 70.0 cm³/mol. The molecule has 0 saturated heterocycles. The van der Waals surface area contributed by atoms with Gasteiger partial charge in [-0.2, -0.15) is 0 Å². The number of nitro groups is 1. The van der Waals surface area contributed by atoms with Gasteiger partial charge < -0.3 is 0 Å². The SMILES string of the molecule is CC(C(=O)c1ccc(F)cc1[N+](=O)[O-])c1ccncc1. The van der Waals surface area contributed by atoms with Gasteiger partial charge in [0.1, 0.15) is 5.82 Å². The highest BCUT2D eigenvalue weighted by atomic mass is 19.1. The van der Waals surface area contributed by atoms with E-state index in [9.17, 15) is 19.3 Å². The number of benzene rings is 1. The largest absolute Gasteiger partial charge is 0.293 e. The van der Waals surface area contributed by atoms with Crippen LogP contribution in [-0.4, -0.2) is 15.7 Å². The van der Waals surface area contributed by atoms with Crippen LogP contribution in [-0.2, 0) is 0 Å². The van der Waals surface area contributed by atoms with Gasteiger partial charge in [0.15, 0.2) is 5.78 Å². The maximum atomic E-state index is 13.1. The van der Waals surface area contributed by atoms with Gasteiger partial charge in [-0.25, -0.2) is 4.39 Å². The summed E-state index contributed by atoms with van der Waals surface area (Å²) in [7, 11) is 0. The van der Waals surface area contributed by atoms with Crippen molar-refractivity contribution in [3.63, 3.8) is 0 Å². The number of hydrogen-bond acceptors (Lipinski definition) is 4. The average molecular weight is 274 g/mol. The molecule has 102 valence electrons. The van der Waals surface area contributed by atoms with Crippen LogP contribution in [0.1, 0.15) is 28.8 Å². The second-order valence-electron chi connectivity index (χ2n) is 4.29. The molecule has 6 heteroatoms. The molecule has 0 saturated carbocycles. The Kier molecular flexibility index (Phi) is 3.84. The lowest BCUT2D eigenvalue weighted by Crippen LogP contribution is -2.12. The maximum absolute atomic E-state index is 13.1. The summed E-state index contributed by atoms with van der Waals surface area (Å²) in [5.74, 6) is -1.74. The monoisotopic (exact) mass is 274 g/mol. The molecule has 0 amide bonds. The second kappa shape index (κ2) is 5.56. The third-order valence-corrected chi connectivity index (χ3v) is 3.02. The van der Waals surface area contributed by atoms with Crippen LogP contribution in [0.4, 0.5) is 10.1 Å². The highest BCUT2D eigenvalue weighted by molar-refractivity contribution is 6.03. The van der Waals surface area contributed by atoms with Gasteiger partial charge >= 0.3 is 0 Å². The fourth-order valence-corrected chi connectivity index (χ4v) is 1.90. The number of rotatable bonds is 4. The van der Waals surface area contributed by atoms with E-state index in [1.54, 1.807) is 19.1 Å². The number of halogens is 1. The molecule has 5 nitrogen and oxygen atoms in total. The van der Waals surface area contributed by atoms with E-state index in [4.69, 9.17) is 0 Å². The van der Waals surface area contributed by atoms with Crippen LogP contribution in [0.2, 0.25) is 0 Å². The van der Waals surface area contributed by atoms with Gasteiger partial charge in [-0.1, -0.05) is 6.92 Å². The van der Waals surface area contributed by atoms with Gasteiger partial charge in [0, 0.05) is 18.3 Å². The van der Waals surface area contributed by atoms with Crippen LogP contribution in [0.3, 0.4) is 0 Å². The van der Waals surface area contributed by atoms with E-state index in [1.165, 1.54) is 12.4 Å². The Morgan fingerprint density at radius 1 is 1.30 bits per heavy atom. The number of aromatic nitrogens is 1. The molecule has 0 N–H and O–H groups in total. The summed E-state index contributed by atoms with van der Waals surface area (Å²) >= 11 is 0. The van der Waals surface area contributed by atoms with Crippen LogP contribution in [0.5, 0.6) is 0 Å². The smallest absolute Gasteiger partial charge is 0.283 e. The lowest BCUT2D eigenvalue weighted by atomic mass is 9.92. The minimum absolute atomic E-state index is 0.0966. The van der Waals surface area contributed by atoms with Crippen molar-refractivity contribution in [3.8, 4) is 0 Å². The van der Waals surface area contributed by atoms with Crippen molar-refractivity contribution in [2.24, 2.45) is 0 Å². The zero-order valence-electron chi connectivity index (χ0n) is 10.6. The zero-order valence-corrected chi connectivity index (χ0v) is 10.6. The molecule has 1 atom stereocenters. The molecule has 0 fully saturated rings. The summed E-state index contributed by atoms with van der Waals surface area (Å²) in [4.78, 5) is 26.3. The Hall–Kier alpha value is -2.63. The number of hydrogen-bond donors (Lipinski definition) is 0. The Bertz CT molecular complexity index is 659. The van der Waals surface area contributed by atoms with Crippen molar-refractivity contribution < 1.29 is 14.1 Å². The van der Waals surface area contributed by atoms with Crippen molar-refractivity contribution in [2.45, 2.75) is 12.8 Å². The summed E-state index contributed by atoms with van der Waals surface area (Å²) in [6.45, 7) is 1.64. The van der Waals surface area contributed by atoms with E-state index < -0.39 is 28.1 Å². The summed E-state index contributed by atoms with van der Waals surface area (Å²) in [5.41, 5.74) is 0.0836. The van der Waals surface area contributed by atoms with Crippen molar-refractivity contribution in [1.29, 1.82) is 0 Å². The number of carbonyl (C=O) groups excluding carboxylic acids is 1. The first-order valence-electron chi connectivity index (χ1n) is 5.89. The third kappa shape index (κ3) is 2.69. The van der Waals surface area contributed by atoms with Crippen molar-refractivity contribution >= 4 is 11.5 Å². The molecule has 1 aromatic carbocycles. The number of Topliss-reactive ketones (excluding diaryl/α,β-unsaturated/α-hetero) is 1. The molecule has 2 rings (SSSR count). The molecule has 1 heterocycles. The molecular formula is C14H11FN2O3. The van der Waals surface area contributed by atoms with Crippen molar-refractivity contribution in [2.75, 3.05) is 0 Å². The average Bonchev–Trinajstić information content (AvgIpc) is 2.46. The lowest BCUT2D eigenvalue weighted by Gasteiger charge is -2.10. The molecule has 0 aliphatic heterocycles. The van der Waals surface area contributed by atoms with Crippen LogP contribution in [0, 0.1) is 15.9 Å². The van der Waals surface area contributed by atoms with E-state index in [0.717, 1.165) is 18.2 Å². The topological polar surface area (TPSA) is 73.1 Å². The molecule has 0 radical (unpaired) electrons. The predicted octanol–water partition coefficient (Wildman–Crippen LogP) is 3.12. The van der Waals surface area contributed by atoms with Gasteiger partial charge in [0.05, 0.1) is 16.6 Å². The van der Waals surface area contributed by atoms with Gasteiger partial charge in [-0.3, -0.25) is 19.9 Å². The summed E-state index contributed by atoms with van der Waals surface area (Å²) < 4.78 is 13.1. The number of ketones is 1. The number of pyridine rings is 1. The van der Waals surface area contributed by atoms with E-state index in [-0.39, 0.29) is 5.56 Å². The highest BCUT2D eigenvalue weighted by Crippen LogP contribution is 2.26. The first-order chi connectivity index (χ1) is 9.50. The van der Waals surface area contributed by atoms with Crippen LogP contribution in [0.15, 0.2) is 42.7 Å². The van der Waals surface area contributed by atoms with E-state index in [2.05, 4.69) is 4.98 Å². The van der Waals surface area contributed by atoms with Gasteiger partial charge in [0.2, 0.25) is 0 Å². The standard InChI is InChI=1S/C14H11FN2O3/c1-9(10-4-6-16-7-5-10)14(18)12-3-2-11(15)8-13(12)17(19)20/h2-9H,1H3. The zero-order chi connectivity index (χ0) is 14.7. The summed E-state index contributed by atoms with van der Waals surface area (Å²) in [6, 6.07) is 6.27. The minimum Gasteiger partial charge on any atom is -0.293 e. The molecule has 0 aliphatic rings. The molecule has 0 aliphatic carbocycles. The molecule has 0 spiro atoms. The van der Waals surface area contributed by atoms with Gasteiger partial charge in [-0.15, -0.1) is 0 Å². The Labute approximate surface area is 114 Å². The van der Waals surface area contributed by atoms with E-state index in [1.807, 2.05) is 0 Å². The highest BCUT2D eigenvalue weighted by Gasteiger charge is 2.25. The van der Waals surface area contributed by atoms with E-state index >= 15 is 0 Å². The molecule has 1 unspecified atom stereocenters. The Morgan fingerprint density at radius 2 is 1.95 bits per heavy atom. The first kappa shape index (κ1) is 13.8. The second-order valence-corrected chi connectivity index (χ2v) is 4.29. The molecular weight excluding hydrogens is 263 g/mol. The van der Waals surface area contributed by atoms with Crippen LogP contribution >= 0.6 is 0 Å². The Morgan fingerprint density at radius 3 is 2.55 bits per heavy atom. The van der Waals surface area contributed by atoms with Crippen molar-refractivity contribution in [1.82, 2.24) is 4.98 Å². The quantitative estimate of drug-likeness (QED) is 0.488. The number of nitrogens with zero attached hydrogens (tertiary/aromatic N) is 2. The molecule has 0 bridgehead atoms. The summed E-state index contributed by atoms with van der Waals surface area (Å²) in [6.07, 6.45) is 3.08. The lowest BCUT2D eigenvalue weighted by molar-refractivity contribution is -0.385. The normalized spacial score (nSPS) is 11.9. The molecule has 20 heavy (non-hydrogen) atoms. The third-order valence-electron chi connectivity index (χ3n) is 3.02. The van der Waals surface area contributed by atoms with E-state index in [0.29, 0.717) is 5.56 Å². The number of nitro benzene ring substituents is 1. The van der Waals surface area contributed by atoms with Gasteiger partial charge in [0.25, 0.3) is 5.69 Å².